The highest BCUT2D eigenvalue weighted by molar-refractivity contribution is 6.30. The molecule has 2 N–H and O–H groups in total. The first kappa shape index (κ1) is 20.6. The smallest absolute Gasteiger partial charge is 0.205 e. The summed E-state index contributed by atoms with van der Waals surface area (Å²) in [7, 11) is 0. The van der Waals surface area contributed by atoms with Crippen molar-refractivity contribution in [1.82, 2.24) is 15.0 Å². The minimum atomic E-state index is -0.299. The predicted molar refractivity (Wildman–Crippen MR) is 123 cm³/mol. The maximum atomic E-state index is 9.67. The van der Waals surface area contributed by atoms with E-state index in [1.54, 1.807) is 29.1 Å². The Hall–Kier alpha value is -4.28. The van der Waals surface area contributed by atoms with Crippen molar-refractivity contribution in [3.8, 4) is 23.3 Å². The third-order valence-corrected chi connectivity index (χ3v) is 5.56. The van der Waals surface area contributed by atoms with Gasteiger partial charge in [-0.15, -0.1) is 5.10 Å². The maximum absolute atomic E-state index is 9.67. The molecular formula is C25H18ClN5O2. The standard InChI is InChI=1S/C25H18ClN5O2/c26-17-7-4-8-19(11-17)31-14-18(29-30-31)15-32-20-9-10-21-23(12-20)33-25(28)22(13-27)24(21)16-5-2-1-3-6-16/h1-12,14,24H,15,28H2. The summed E-state index contributed by atoms with van der Waals surface area (Å²) in [5, 5.41) is 18.6. The molecule has 2 heterocycles. The number of hydrogen-bond donors (Lipinski definition) is 1. The van der Waals surface area contributed by atoms with E-state index in [0.29, 0.717) is 27.8 Å². The molecular weight excluding hydrogens is 438 g/mol. The Balaban J connectivity index is 1.37. The number of nitrogens with two attached hydrogens (primary N) is 1. The lowest BCUT2D eigenvalue weighted by Crippen LogP contribution is -2.21. The maximum Gasteiger partial charge on any atom is 0.205 e. The topological polar surface area (TPSA) is 99.0 Å². The van der Waals surface area contributed by atoms with Crippen LogP contribution in [0.4, 0.5) is 0 Å². The van der Waals surface area contributed by atoms with Crippen molar-refractivity contribution in [2.75, 3.05) is 0 Å². The number of aromatic nitrogens is 3. The van der Waals surface area contributed by atoms with E-state index < -0.39 is 0 Å². The van der Waals surface area contributed by atoms with E-state index in [9.17, 15) is 5.26 Å². The number of halogens is 1. The fourth-order valence-electron chi connectivity index (χ4n) is 3.78. The summed E-state index contributed by atoms with van der Waals surface area (Å²) in [5.41, 5.74) is 9.75. The molecule has 33 heavy (non-hydrogen) atoms. The van der Waals surface area contributed by atoms with Gasteiger partial charge in [0, 0.05) is 16.7 Å². The van der Waals surface area contributed by atoms with Crippen LogP contribution in [0.3, 0.4) is 0 Å². The molecule has 0 fully saturated rings. The van der Waals surface area contributed by atoms with Gasteiger partial charge in [-0.25, -0.2) is 4.68 Å². The van der Waals surface area contributed by atoms with E-state index in [1.807, 2.05) is 54.6 Å². The van der Waals surface area contributed by atoms with Crippen molar-refractivity contribution in [1.29, 1.82) is 5.26 Å². The number of nitrogens with zero attached hydrogens (tertiary/aromatic N) is 4. The number of hydrogen-bond acceptors (Lipinski definition) is 6. The highest BCUT2D eigenvalue weighted by Crippen LogP contribution is 2.43. The van der Waals surface area contributed by atoms with Crippen molar-refractivity contribution >= 4 is 11.6 Å². The van der Waals surface area contributed by atoms with Gasteiger partial charge in [0.15, 0.2) is 0 Å². The normalized spacial score (nSPS) is 14.8. The highest BCUT2D eigenvalue weighted by atomic mass is 35.5. The van der Waals surface area contributed by atoms with Crippen LogP contribution in [0.15, 0.2) is 90.4 Å². The zero-order valence-electron chi connectivity index (χ0n) is 17.4. The van der Waals surface area contributed by atoms with Crippen molar-refractivity contribution in [2.45, 2.75) is 12.5 Å². The molecule has 0 aliphatic carbocycles. The first-order valence-corrected chi connectivity index (χ1v) is 10.6. The minimum Gasteiger partial charge on any atom is -0.487 e. The summed E-state index contributed by atoms with van der Waals surface area (Å²) < 4.78 is 13.3. The Labute approximate surface area is 195 Å². The van der Waals surface area contributed by atoms with Crippen LogP contribution >= 0.6 is 11.6 Å². The van der Waals surface area contributed by atoms with Crippen molar-refractivity contribution < 1.29 is 9.47 Å². The molecule has 0 saturated heterocycles. The van der Waals surface area contributed by atoms with Gasteiger partial charge >= 0.3 is 0 Å². The Kier molecular flexibility index (Phi) is 5.43. The number of fused-ring (bicyclic) bond motifs is 1. The number of benzene rings is 3. The molecule has 0 saturated carbocycles. The summed E-state index contributed by atoms with van der Waals surface area (Å²) in [6.45, 7) is 0.218. The summed E-state index contributed by atoms with van der Waals surface area (Å²) >= 11 is 6.05. The van der Waals surface area contributed by atoms with Crippen LogP contribution in [0.25, 0.3) is 5.69 Å². The second-order valence-corrected chi connectivity index (χ2v) is 7.89. The largest absolute Gasteiger partial charge is 0.487 e. The van der Waals surface area contributed by atoms with E-state index in [2.05, 4.69) is 16.4 Å². The molecule has 1 unspecified atom stereocenters. The molecule has 8 heteroatoms. The number of nitriles is 1. The van der Waals surface area contributed by atoms with Gasteiger partial charge < -0.3 is 15.2 Å². The molecule has 1 aromatic heterocycles. The van der Waals surface area contributed by atoms with Gasteiger partial charge in [-0.2, -0.15) is 5.26 Å². The zero-order valence-corrected chi connectivity index (χ0v) is 18.1. The van der Waals surface area contributed by atoms with Crippen LogP contribution in [0.5, 0.6) is 11.5 Å². The predicted octanol–water partition coefficient (Wildman–Crippen LogP) is 4.72. The van der Waals surface area contributed by atoms with Crippen LogP contribution in [0.1, 0.15) is 22.7 Å². The molecule has 3 aromatic carbocycles. The molecule has 1 atom stereocenters. The average Bonchev–Trinajstić information content (AvgIpc) is 3.31. The van der Waals surface area contributed by atoms with Crippen molar-refractivity contribution in [3.63, 3.8) is 0 Å². The SMILES string of the molecule is N#CC1=C(N)Oc2cc(OCc3cn(-c4cccc(Cl)c4)nn3)ccc2C1c1ccccc1. The molecule has 0 radical (unpaired) electrons. The van der Waals surface area contributed by atoms with Crippen LogP contribution in [0, 0.1) is 11.3 Å². The van der Waals surface area contributed by atoms with E-state index in [4.69, 9.17) is 26.8 Å². The van der Waals surface area contributed by atoms with E-state index >= 15 is 0 Å². The Morgan fingerprint density at radius 2 is 1.94 bits per heavy atom. The monoisotopic (exact) mass is 455 g/mol. The number of rotatable bonds is 5. The minimum absolute atomic E-state index is 0.0977. The van der Waals surface area contributed by atoms with Crippen LogP contribution in [-0.4, -0.2) is 15.0 Å². The van der Waals surface area contributed by atoms with E-state index in [0.717, 1.165) is 16.8 Å². The lowest BCUT2D eigenvalue weighted by molar-refractivity contribution is 0.298. The molecule has 162 valence electrons. The average molecular weight is 456 g/mol. The Morgan fingerprint density at radius 3 is 2.73 bits per heavy atom. The van der Waals surface area contributed by atoms with Crippen LogP contribution < -0.4 is 15.2 Å². The van der Waals surface area contributed by atoms with Gasteiger partial charge in [-0.1, -0.05) is 59.3 Å². The Bertz CT molecular complexity index is 1390. The quantitative estimate of drug-likeness (QED) is 0.467. The third kappa shape index (κ3) is 4.12. The molecule has 0 amide bonds. The summed E-state index contributed by atoms with van der Waals surface area (Å²) in [6, 6.07) is 24.8. The van der Waals surface area contributed by atoms with Crippen molar-refractivity contribution in [2.24, 2.45) is 5.73 Å². The van der Waals surface area contributed by atoms with Gasteiger partial charge in [0.1, 0.15) is 35.4 Å². The number of ether oxygens (including phenoxy) is 2. The second-order valence-electron chi connectivity index (χ2n) is 7.46. The van der Waals surface area contributed by atoms with Gasteiger partial charge in [-0.3, -0.25) is 0 Å². The Morgan fingerprint density at radius 1 is 1.09 bits per heavy atom. The fraction of sp³-hybridized carbons (Fsp3) is 0.0800. The fourth-order valence-corrected chi connectivity index (χ4v) is 3.97. The van der Waals surface area contributed by atoms with E-state index in [1.165, 1.54) is 0 Å². The first-order chi connectivity index (χ1) is 16.1. The van der Waals surface area contributed by atoms with Gasteiger partial charge in [0.2, 0.25) is 5.88 Å². The van der Waals surface area contributed by atoms with Crippen LogP contribution in [0.2, 0.25) is 5.02 Å². The molecule has 4 aromatic rings. The second kappa shape index (κ2) is 8.69. The molecule has 0 bridgehead atoms. The first-order valence-electron chi connectivity index (χ1n) is 10.2. The lowest BCUT2D eigenvalue weighted by atomic mass is 9.83. The summed E-state index contributed by atoms with van der Waals surface area (Å²) in [4.78, 5) is 0. The van der Waals surface area contributed by atoms with Gasteiger partial charge in [-0.05, 0) is 29.8 Å². The molecule has 1 aliphatic heterocycles. The van der Waals surface area contributed by atoms with Crippen molar-refractivity contribution in [3.05, 3.63) is 112 Å². The number of allylic oxidation sites excluding steroid dienone is 1. The molecule has 7 nitrogen and oxygen atoms in total. The third-order valence-electron chi connectivity index (χ3n) is 5.32. The molecule has 5 rings (SSSR count). The van der Waals surface area contributed by atoms with E-state index in [-0.39, 0.29) is 18.4 Å². The molecule has 1 aliphatic rings. The lowest BCUT2D eigenvalue weighted by Gasteiger charge is -2.26. The van der Waals surface area contributed by atoms with Gasteiger partial charge in [0.25, 0.3) is 0 Å². The summed E-state index contributed by atoms with van der Waals surface area (Å²) in [5.74, 6) is 0.943. The summed E-state index contributed by atoms with van der Waals surface area (Å²) in [6.07, 6.45) is 1.78. The van der Waals surface area contributed by atoms with Gasteiger partial charge in [0.05, 0.1) is 17.8 Å². The highest BCUT2D eigenvalue weighted by Gasteiger charge is 2.30. The molecule has 0 spiro atoms. The zero-order chi connectivity index (χ0) is 22.8. The van der Waals surface area contributed by atoms with Crippen LogP contribution in [-0.2, 0) is 6.61 Å².